The van der Waals surface area contributed by atoms with Crippen LogP contribution in [0.5, 0.6) is 0 Å². The van der Waals surface area contributed by atoms with E-state index in [0.29, 0.717) is 22.3 Å². The number of aromatic nitrogens is 2. The standard InChI is InChI=1S/C16H19ClFN3/c1-4-19-15-9-14(5-10(2)3)20-16(21-15)11-6-12(17)8-13(18)7-11/h6-10H,4-5H2,1-3H3,(H,19,20,21). The first-order valence-corrected chi connectivity index (χ1v) is 7.44. The molecule has 21 heavy (non-hydrogen) atoms. The lowest BCUT2D eigenvalue weighted by atomic mass is 10.1. The van der Waals surface area contributed by atoms with E-state index in [1.807, 2.05) is 13.0 Å². The molecule has 0 fully saturated rings. The molecule has 112 valence electrons. The van der Waals surface area contributed by atoms with Crippen molar-refractivity contribution < 1.29 is 4.39 Å². The Balaban J connectivity index is 2.47. The Bertz CT molecular complexity index is 609. The second kappa shape index (κ2) is 6.85. The summed E-state index contributed by atoms with van der Waals surface area (Å²) in [5, 5.41) is 3.52. The van der Waals surface area contributed by atoms with Crippen LogP contribution in [-0.2, 0) is 6.42 Å². The summed E-state index contributed by atoms with van der Waals surface area (Å²) in [6.45, 7) is 7.03. The van der Waals surface area contributed by atoms with E-state index in [1.165, 1.54) is 12.1 Å². The summed E-state index contributed by atoms with van der Waals surface area (Å²) in [7, 11) is 0. The number of benzene rings is 1. The monoisotopic (exact) mass is 307 g/mol. The minimum atomic E-state index is -0.389. The summed E-state index contributed by atoms with van der Waals surface area (Å²) in [5.41, 5.74) is 1.52. The highest BCUT2D eigenvalue weighted by Crippen LogP contribution is 2.24. The van der Waals surface area contributed by atoms with Crippen molar-refractivity contribution in [3.8, 4) is 11.4 Å². The van der Waals surface area contributed by atoms with Gasteiger partial charge in [-0.25, -0.2) is 14.4 Å². The van der Waals surface area contributed by atoms with E-state index in [2.05, 4.69) is 29.1 Å². The second-order valence-corrected chi connectivity index (χ2v) is 5.79. The van der Waals surface area contributed by atoms with Crippen molar-refractivity contribution in [2.45, 2.75) is 27.2 Å². The predicted octanol–water partition coefficient (Wildman–Crippen LogP) is 4.57. The summed E-state index contributed by atoms with van der Waals surface area (Å²) in [6, 6.07) is 6.28. The van der Waals surface area contributed by atoms with Gasteiger partial charge in [0.1, 0.15) is 11.6 Å². The fourth-order valence-corrected chi connectivity index (χ4v) is 2.33. The van der Waals surface area contributed by atoms with Gasteiger partial charge in [0, 0.05) is 28.9 Å². The van der Waals surface area contributed by atoms with Crippen molar-refractivity contribution >= 4 is 17.4 Å². The SMILES string of the molecule is CCNc1cc(CC(C)C)nc(-c2cc(F)cc(Cl)c2)n1. The molecule has 0 aliphatic heterocycles. The number of nitrogens with one attached hydrogen (secondary N) is 1. The zero-order valence-corrected chi connectivity index (χ0v) is 13.2. The maximum atomic E-state index is 13.5. The molecule has 1 heterocycles. The number of rotatable bonds is 5. The molecule has 1 aromatic carbocycles. The third kappa shape index (κ3) is 4.39. The third-order valence-corrected chi connectivity index (χ3v) is 3.09. The molecule has 2 rings (SSSR count). The molecule has 0 aliphatic carbocycles. The number of hydrogen-bond donors (Lipinski definition) is 1. The molecule has 0 spiro atoms. The maximum Gasteiger partial charge on any atom is 0.161 e. The average molecular weight is 308 g/mol. The lowest BCUT2D eigenvalue weighted by molar-refractivity contribution is 0.627. The first kappa shape index (κ1) is 15.7. The smallest absolute Gasteiger partial charge is 0.161 e. The Labute approximate surface area is 129 Å². The largest absolute Gasteiger partial charge is 0.370 e. The van der Waals surface area contributed by atoms with Crippen molar-refractivity contribution in [2.75, 3.05) is 11.9 Å². The van der Waals surface area contributed by atoms with E-state index in [0.717, 1.165) is 24.5 Å². The zero-order chi connectivity index (χ0) is 15.4. The summed E-state index contributed by atoms with van der Waals surface area (Å²) >= 11 is 5.91. The molecule has 5 heteroatoms. The van der Waals surface area contributed by atoms with Crippen molar-refractivity contribution in [3.05, 3.63) is 40.8 Å². The number of anilines is 1. The zero-order valence-electron chi connectivity index (χ0n) is 12.5. The molecule has 3 nitrogen and oxygen atoms in total. The van der Waals surface area contributed by atoms with Crippen molar-refractivity contribution in [3.63, 3.8) is 0 Å². The Morgan fingerprint density at radius 3 is 2.57 bits per heavy atom. The Morgan fingerprint density at radius 1 is 1.19 bits per heavy atom. The minimum Gasteiger partial charge on any atom is -0.370 e. The fourth-order valence-electron chi connectivity index (χ4n) is 2.10. The van der Waals surface area contributed by atoms with E-state index in [9.17, 15) is 4.39 Å². The van der Waals surface area contributed by atoms with Gasteiger partial charge in [0.25, 0.3) is 0 Å². The molecule has 0 radical (unpaired) electrons. The molecule has 0 amide bonds. The van der Waals surface area contributed by atoms with E-state index in [-0.39, 0.29) is 5.82 Å². The van der Waals surface area contributed by atoms with Gasteiger partial charge in [-0.1, -0.05) is 25.4 Å². The lowest BCUT2D eigenvalue weighted by Crippen LogP contribution is -2.06. The van der Waals surface area contributed by atoms with E-state index in [1.54, 1.807) is 6.07 Å². The molecule has 1 aromatic heterocycles. The van der Waals surface area contributed by atoms with E-state index in [4.69, 9.17) is 11.6 Å². The average Bonchev–Trinajstić information content (AvgIpc) is 2.36. The van der Waals surface area contributed by atoms with Crippen LogP contribution in [0, 0.1) is 11.7 Å². The summed E-state index contributed by atoms with van der Waals surface area (Å²) in [6.07, 6.45) is 0.844. The molecule has 0 unspecified atom stereocenters. The topological polar surface area (TPSA) is 37.8 Å². The third-order valence-electron chi connectivity index (χ3n) is 2.88. The van der Waals surface area contributed by atoms with Crippen LogP contribution >= 0.6 is 11.6 Å². The first-order chi connectivity index (χ1) is 9.97. The highest BCUT2D eigenvalue weighted by Gasteiger charge is 2.10. The van der Waals surface area contributed by atoms with Gasteiger partial charge in [-0.3, -0.25) is 0 Å². The Hall–Kier alpha value is -1.68. The Kier molecular flexibility index (Phi) is 5.12. The number of hydrogen-bond acceptors (Lipinski definition) is 3. The summed E-state index contributed by atoms with van der Waals surface area (Å²) in [5.74, 6) is 1.34. The summed E-state index contributed by atoms with van der Waals surface area (Å²) < 4.78 is 13.5. The quantitative estimate of drug-likeness (QED) is 0.879. The van der Waals surface area contributed by atoms with Crippen LogP contribution in [0.4, 0.5) is 10.2 Å². The van der Waals surface area contributed by atoms with Gasteiger partial charge < -0.3 is 5.32 Å². The van der Waals surface area contributed by atoms with Gasteiger partial charge in [-0.05, 0) is 37.5 Å². The van der Waals surface area contributed by atoms with Crippen LogP contribution < -0.4 is 5.32 Å². The van der Waals surface area contributed by atoms with Crippen LogP contribution in [0.3, 0.4) is 0 Å². The highest BCUT2D eigenvalue weighted by atomic mass is 35.5. The first-order valence-electron chi connectivity index (χ1n) is 7.06. The molecule has 0 aliphatic rings. The molecular weight excluding hydrogens is 289 g/mol. The van der Waals surface area contributed by atoms with Crippen LogP contribution in [0.15, 0.2) is 24.3 Å². The number of halogens is 2. The van der Waals surface area contributed by atoms with Crippen LogP contribution in [-0.4, -0.2) is 16.5 Å². The molecule has 0 saturated carbocycles. The van der Waals surface area contributed by atoms with Gasteiger partial charge in [0.05, 0.1) is 0 Å². The maximum absolute atomic E-state index is 13.5. The number of nitrogens with zero attached hydrogens (tertiary/aromatic N) is 2. The van der Waals surface area contributed by atoms with E-state index >= 15 is 0 Å². The van der Waals surface area contributed by atoms with Gasteiger partial charge in [0.15, 0.2) is 5.82 Å². The van der Waals surface area contributed by atoms with E-state index < -0.39 is 0 Å². The normalized spacial score (nSPS) is 11.0. The highest BCUT2D eigenvalue weighted by molar-refractivity contribution is 6.30. The Morgan fingerprint density at radius 2 is 1.95 bits per heavy atom. The van der Waals surface area contributed by atoms with Gasteiger partial charge in [-0.15, -0.1) is 0 Å². The van der Waals surface area contributed by atoms with Crippen LogP contribution in [0.1, 0.15) is 26.5 Å². The van der Waals surface area contributed by atoms with Crippen molar-refractivity contribution in [2.24, 2.45) is 5.92 Å². The van der Waals surface area contributed by atoms with Gasteiger partial charge in [0.2, 0.25) is 0 Å². The second-order valence-electron chi connectivity index (χ2n) is 5.35. The molecule has 0 bridgehead atoms. The van der Waals surface area contributed by atoms with Gasteiger partial charge >= 0.3 is 0 Å². The fraction of sp³-hybridized carbons (Fsp3) is 0.375. The molecule has 2 aromatic rings. The minimum absolute atomic E-state index is 0.341. The van der Waals surface area contributed by atoms with Crippen molar-refractivity contribution in [1.29, 1.82) is 0 Å². The molecule has 0 saturated heterocycles. The summed E-state index contributed by atoms with van der Waals surface area (Å²) in [4.78, 5) is 8.97. The van der Waals surface area contributed by atoms with Crippen LogP contribution in [0.2, 0.25) is 5.02 Å². The molecule has 0 atom stereocenters. The van der Waals surface area contributed by atoms with Crippen LogP contribution in [0.25, 0.3) is 11.4 Å². The molecule has 1 N–H and O–H groups in total. The molecular formula is C16H19ClFN3. The van der Waals surface area contributed by atoms with Crippen molar-refractivity contribution in [1.82, 2.24) is 9.97 Å². The predicted molar refractivity (Wildman–Crippen MR) is 85.1 cm³/mol. The lowest BCUT2D eigenvalue weighted by Gasteiger charge is -2.11. The van der Waals surface area contributed by atoms with Gasteiger partial charge in [-0.2, -0.15) is 0 Å².